The van der Waals surface area contributed by atoms with E-state index in [2.05, 4.69) is 10.6 Å². The molecule has 0 aliphatic carbocycles. The predicted molar refractivity (Wildman–Crippen MR) is 111 cm³/mol. The Morgan fingerprint density at radius 1 is 1.19 bits per heavy atom. The van der Waals surface area contributed by atoms with Crippen LogP contribution in [-0.4, -0.2) is 30.3 Å². The normalized spacial score (nSPS) is 16.0. The summed E-state index contributed by atoms with van der Waals surface area (Å²) in [5.74, 6) is 0.355. The second-order valence-electron chi connectivity index (χ2n) is 6.04. The number of halogens is 2. The van der Waals surface area contributed by atoms with Gasteiger partial charge in [0.1, 0.15) is 12.4 Å². The van der Waals surface area contributed by atoms with E-state index < -0.39 is 5.91 Å². The SMILES string of the molecule is O=C(NC(=S)Nc1ccc(OCC2CCCO2)cc1)c1cc(Cl)cc(Cl)c1. The maximum absolute atomic E-state index is 12.2. The van der Waals surface area contributed by atoms with Gasteiger partial charge in [0.15, 0.2) is 5.11 Å². The largest absolute Gasteiger partial charge is 0.491 e. The molecule has 1 aliphatic rings. The van der Waals surface area contributed by atoms with Crippen molar-refractivity contribution in [1.29, 1.82) is 0 Å². The summed E-state index contributed by atoms with van der Waals surface area (Å²) >= 11 is 17.0. The molecule has 1 unspecified atom stereocenters. The van der Waals surface area contributed by atoms with Crippen molar-refractivity contribution < 1.29 is 14.3 Å². The van der Waals surface area contributed by atoms with Crippen LogP contribution in [0.4, 0.5) is 5.69 Å². The molecule has 1 saturated heterocycles. The molecule has 3 rings (SSSR count). The van der Waals surface area contributed by atoms with Crippen molar-refractivity contribution in [3.05, 3.63) is 58.1 Å². The molecule has 142 valence electrons. The molecule has 1 atom stereocenters. The van der Waals surface area contributed by atoms with Crippen molar-refractivity contribution in [3.8, 4) is 5.75 Å². The lowest BCUT2D eigenvalue weighted by Gasteiger charge is -2.13. The minimum atomic E-state index is -0.395. The van der Waals surface area contributed by atoms with Gasteiger partial charge in [-0.05, 0) is 67.5 Å². The molecule has 5 nitrogen and oxygen atoms in total. The zero-order valence-electron chi connectivity index (χ0n) is 14.3. The van der Waals surface area contributed by atoms with E-state index >= 15 is 0 Å². The van der Waals surface area contributed by atoms with Gasteiger partial charge in [-0.25, -0.2) is 0 Å². The number of hydrogen-bond donors (Lipinski definition) is 2. The zero-order valence-corrected chi connectivity index (χ0v) is 16.7. The number of anilines is 1. The Bertz CT molecular complexity index is 804. The van der Waals surface area contributed by atoms with Crippen LogP contribution in [0.5, 0.6) is 5.75 Å². The van der Waals surface area contributed by atoms with E-state index in [9.17, 15) is 4.79 Å². The third-order valence-electron chi connectivity index (χ3n) is 3.92. The third kappa shape index (κ3) is 6.07. The van der Waals surface area contributed by atoms with Crippen LogP contribution in [-0.2, 0) is 4.74 Å². The van der Waals surface area contributed by atoms with E-state index in [1.165, 1.54) is 12.1 Å². The van der Waals surface area contributed by atoms with Crippen molar-refractivity contribution in [3.63, 3.8) is 0 Å². The van der Waals surface area contributed by atoms with Gasteiger partial charge in [-0.2, -0.15) is 0 Å². The van der Waals surface area contributed by atoms with Crippen LogP contribution in [0.15, 0.2) is 42.5 Å². The molecule has 1 aliphatic heterocycles. The fourth-order valence-corrected chi connectivity index (χ4v) is 3.36. The van der Waals surface area contributed by atoms with Gasteiger partial charge in [-0.3, -0.25) is 10.1 Å². The quantitative estimate of drug-likeness (QED) is 0.682. The highest BCUT2D eigenvalue weighted by Crippen LogP contribution is 2.20. The van der Waals surface area contributed by atoms with E-state index in [-0.39, 0.29) is 11.2 Å². The first kappa shape index (κ1) is 19.9. The first-order chi connectivity index (χ1) is 13.0. The molecule has 2 aromatic carbocycles. The third-order valence-corrected chi connectivity index (χ3v) is 4.56. The lowest BCUT2D eigenvalue weighted by atomic mass is 10.2. The van der Waals surface area contributed by atoms with Crippen LogP contribution in [0.3, 0.4) is 0 Å². The van der Waals surface area contributed by atoms with Crippen LogP contribution in [0.1, 0.15) is 23.2 Å². The Kier molecular flexibility index (Phi) is 6.90. The molecular formula is C19H18Cl2N2O3S. The fourth-order valence-electron chi connectivity index (χ4n) is 2.62. The van der Waals surface area contributed by atoms with Crippen molar-refractivity contribution in [1.82, 2.24) is 5.32 Å². The highest BCUT2D eigenvalue weighted by atomic mass is 35.5. The Morgan fingerprint density at radius 3 is 2.52 bits per heavy atom. The van der Waals surface area contributed by atoms with Gasteiger partial charge < -0.3 is 14.8 Å². The predicted octanol–water partition coefficient (Wildman–Crippen LogP) is 4.68. The highest BCUT2D eigenvalue weighted by molar-refractivity contribution is 7.80. The Balaban J connectivity index is 1.50. The average molecular weight is 425 g/mol. The molecule has 0 aromatic heterocycles. The minimum absolute atomic E-state index is 0.170. The first-order valence-electron chi connectivity index (χ1n) is 8.42. The minimum Gasteiger partial charge on any atom is -0.491 e. The molecule has 27 heavy (non-hydrogen) atoms. The monoisotopic (exact) mass is 424 g/mol. The number of rotatable bonds is 5. The van der Waals surface area contributed by atoms with E-state index in [4.69, 9.17) is 44.9 Å². The van der Waals surface area contributed by atoms with Crippen LogP contribution in [0, 0.1) is 0 Å². The molecule has 1 heterocycles. The molecule has 1 amide bonds. The molecule has 0 saturated carbocycles. The summed E-state index contributed by atoms with van der Waals surface area (Å²) in [6, 6.07) is 11.9. The van der Waals surface area contributed by atoms with Crippen LogP contribution in [0.2, 0.25) is 10.0 Å². The molecule has 1 fully saturated rings. The van der Waals surface area contributed by atoms with E-state index in [1.807, 2.05) is 24.3 Å². The smallest absolute Gasteiger partial charge is 0.257 e. The molecule has 8 heteroatoms. The Morgan fingerprint density at radius 2 is 1.89 bits per heavy atom. The second-order valence-corrected chi connectivity index (χ2v) is 7.32. The number of carbonyl (C=O) groups excluding carboxylic acids is 1. The summed E-state index contributed by atoms with van der Waals surface area (Å²) in [4.78, 5) is 12.2. The van der Waals surface area contributed by atoms with Crippen LogP contribution in [0.25, 0.3) is 0 Å². The van der Waals surface area contributed by atoms with E-state index in [0.29, 0.717) is 22.2 Å². The van der Waals surface area contributed by atoms with Gasteiger partial charge >= 0.3 is 0 Å². The van der Waals surface area contributed by atoms with Crippen molar-refractivity contribution >= 4 is 52.1 Å². The summed E-state index contributed by atoms with van der Waals surface area (Å²) < 4.78 is 11.2. The van der Waals surface area contributed by atoms with Gasteiger partial charge in [0.25, 0.3) is 5.91 Å². The molecule has 2 N–H and O–H groups in total. The van der Waals surface area contributed by atoms with Crippen molar-refractivity contribution in [2.75, 3.05) is 18.5 Å². The molecule has 0 spiro atoms. The molecule has 0 radical (unpaired) electrons. The first-order valence-corrected chi connectivity index (χ1v) is 9.59. The number of amides is 1. The second kappa shape index (κ2) is 9.37. The van der Waals surface area contributed by atoms with Gasteiger partial charge in [0.2, 0.25) is 0 Å². The number of thiocarbonyl (C=S) groups is 1. The average Bonchev–Trinajstić information content (AvgIpc) is 3.14. The lowest BCUT2D eigenvalue weighted by Crippen LogP contribution is -2.34. The number of ether oxygens (including phenoxy) is 2. The maximum atomic E-state index is 12.2. The summed E-state index contributed by atoms with van der Waals surface area (Å²) in [7, 11) is 0. The van der Waals surface area contributed by atoms with Crippen molar-refractivity contribution in [2.45, 2.75) is 18.9 Å². The van der Waals surface area contributed by atoms with Crippen LogP contribution >= 0.6 is 35.4 Å². The van der Waals surface area contributed by atoms with Gasteiger partial charge in [0, 0.05) is 27.9 Å². The number of carbonyl (C=O) groups is 1. The molecule has 0 bridgehead atoms. The van der Waals surface area contributed by atoms with Crippen LogP contribution < -0.4 is 15.4 Å². The number of hydrogen-bond acceptors (Lipinski definition) is 4. The number of benzene rings is 2. The fraction of sp³-hybridized carbons (Fsp3) is 0.263. The lowest BCUT2D eigenvalue weighted by molar-refractivity contribution is 0.0679. The van der Waals surface area contributed by atoms with E-state index in [1.54, 1.807) is 6.07 Å². The molecule has 2 aromatic rings. The topological polar surface area (TPSA) is 59.6 Å². The summed E-state index contributed by atoms with van der Waals surface area (Å²) in [6.07, 6.45) is 2.29. The number of nitrogens with one attached hydrogen (secondary N) is 2. The Hall–Kier alpha value is -1.86. The summed E-state index contributed by atoms with van der Waals surface area (Å²) in [5.41, 5.74) is 1.06. The maximum Gasteiger partial charge on any atom is 0.257 e. The highest BCUT2D eigenvalue weighted by Gasteiger charge is 2.16. The standard InChI is InChI=1S/C19H18Cl2N2O3S/c20-13-8-12(9-14(21)10-13)18(24)23-19(27)22-15-3-5-16(6-4-15)26-11-17-2-1-7-25-17/h3-6,8-10,17H,1-2,7,11H2,(H2,22,23,24,27). The Labute approximate surface area is 172 Å². The summed E-state index contributed by atoms with van der Waals surface area (Å²) in [5, 5.41) is 6.47. The van der Waals surface area contributed by atoms with Crippen molar-refractivity contribution in [2.24, 2.45) is 0 Å². The molecular weight excluding hydrogens is 407 g/mol. The van der Waals surface area contributed by atoms with Gasteiger partial charge in [0.05, 0.1) is 6.10 Å². The summed E-state index contributed by atoms with van der Waals surface area (Å²) in [6.45, 7) is 1.35. The van der Waals surface area contributed by atoms with E-state index in [0.717, 1.165) is 30.9 Å². The zero-order chi connectivity index (χ0) is 19.2. The van der Waals surface area contributed by atoms with Gasteiger partial charge in [-0.15, -0.1) is 0 Å². The van der Waals surface area contributed by atoms with Gasteiger partial charge in [-0.1, -0.05) is 23.2 Å².